The van der Waals surface area contributed by atoms with E-state index in [2.05, 4.69) is 14.9 Å². The monoisotopic (exact) mass is 183 g/mol. The van der Waals surface area contributed by atoms with E-state index in [0.717, 1.165) is 12.2 Å². The van der Waals surface area contributed by atoms with Crippen molar-refractivity contribution >= 4 is 11.6 Å². The minimum atomic E-state index is 0.461. The molecule has 1 aliphatic rings. The summed E-state index contributed by atoms with van der Waals surface area (Å²) in [7, 11) is 0. The lowest BCUT2D eigenvalue weighted by Crippen LogP contribution is -2.36. The summed E-state index contributed by atoms with van der Waals surface area (Å²) in [6.07, 6.45) is 4.64. The summed E-state index contributed by atoms with van der Waals surface area (Å²) in [5.41, 5.74) is 0.999. The van der Waals surface area contributed by atoms with Gasteiger partial charge in [0.05, 0.1) is 18.1 Å². The molecule has 0 bridgehead atoms. The Morgan fingerprint density at radius 1 is 1.33 bits per heavy atom. The van der Waals surface area contributed by atoms with Gasteiger partial charge in [0, 0.05) is 6.54 Å². The number of aromatic nitrogens is 2. The molecule has 0 radical (unpaired) electrons. The molecule has 0 amide bonds. The Morgan fingerprint density at radius 3 is 2.67 bits per heavy atom. The van der Waals surface area contributed by atoms with E-state index in [1.807, 2.05) is 0 Å². The van der Waals surface area contributed by atoms with Crippen molar-refractivity contribution in [2.75, 3.05) is 13.1 Å². The van der Waals surface area contributed by atoms with Crippen LogP contribution in [0, 0.1) is 0 Å². The van der Waals surface area contributed by atoms with Gasteiger partial charge in [-0.2, -0.15) is 0 Å². The van der Waals surface area contributed by atoms with Gasteiger partial charge in [0.15, 0.2) is 0 Å². The molecule has 0 aliphatic carbocycles. The van der Waals surface area contributed by atoms with E-state index in [0.29, 0.717) is 5.15 Å². The molecule has 3 nitrogen and oxygen atoms in total. The molecule has 12 heavy (non-hydrogen) atoms. The van der Waals surface area contributed by atoms with Gasteiger partial charge >= 0.3 is 0 Å². The van der Waals surface area contributed by atoms with E-state index in [1.54, 1.807) is 12.4 Å². The minimum absolute atomic E-state index is 0.461. The molecule has 0 aromatic carbocycles. The molecule has 2 heterocycles. The molecule has 1 saturated heterocycles. The lowest BCUT2D eigenvalue weighted by molar-refractivity contribution is 0.170. The van der Waals surface area contributed by atoms with E-state index >= 15 is 0 Å². The summed E-state index contributed by atoms with van der Waals surface area (Å²) in [5.74, 6) is 0. The second-order valence-electron chi connectivity index (χ2n) is 2.96. The Balaban J connectivity index is 1.98. The summed E-state index contributed by atoms with van der Waals surface area (Å²) in [4.78, 5) is 10.5. The Morgan fingerprint density at radius 2 is 2.17 bits per heavy atom. The third-order valence-electron chi connectivity index (χ3n) is 2.01. The van der Waals surface area contributed by atoms with E-state index in [-0.39, 0.29) is 0 Å². The number of halogens is 1. The standard InChI is InChI=1S/C8H10ClN3/c9-8-5-10-7(4-11-8)6-12-2-1-3-12/h4-5H,1-3,6H2. The average Bonchev–Trinajstić information content (AvgIpc) is 2.00. The van der Waals surface area contributed by atoms with Gasteiger partial charge in [-0.15, -0.1) is 0 Å². The van der Waals surface area contributed by atoms with Crippen LogP contribution in [0.15, 0.2) is 12.4 Å². The van der Waals surface area contributed by atoms with E-state index in [1.165, 1.54) is 19.5 Å². The zero-order valence-electron chi connectivity index (χ0n) is 6.70. The molecule has 1 aromatic heterocycles. The number of nitrogens with zero attached hydrogens (tertiary/aromatic N) is 3. The Hall–Kier alpha value is -0.670. The van der Waals surface area contributed by atoms with Crippen molar-refractivity contribution in [1.82, 2.24) is 14.9 Å². The largest absolute Gasteiger partial charge is 0.297 e. The zero-order chi connectivity index (χ0) is 8.39. The number of rotatable bonds is 2. The first kappa shape index (κ1) is 7.95. The van der Waals surface area contributed by atoms with E-state index in [4.69, 9.17) is 11.6 Å². The smallest absolute Gasteiger partial charge is 0.147 e. The number of hydrogen-bond donors (Lipinski definition) is 0. The lowest BCUT2D eigenvalue weighted by atomic mass is 10.2. The predicted octanol–water partition coefficient (Wildman–Crippen LogP) is 1.34. The summed E-state index contributed by atoms with van der Waals surface area (Å²) in [5, 5.41) is 0.461. The molecule has 0 N–H and O–H groups in total. The highest BCUT2D eigenvalue weighted by atomic mass is 35.5. The topological polar surface area (TPSA) is 29.0 Å². The second-order valence-corrected chi connectivity index (χ2v) is 3.35. The fourth-order valence-electron chi connectivity index (χ4n) is 1.19. The van der Waals surface area contributed by atoms with Crippen LogP contribution in [-0.2, 0) is 6.54 Å². The molecular weight excluding hydrogens is 174 g/mol. The quantitative estimate of drug-likeness (QED) is 0.693. The molecule has 0 saturated carbocycles. The van der Waals surface area contributed by atoms with Gasteiger partial charge in [-0.1, -0.05) is 11.6 Å². The summed E-state index contributed by atoms with van der Waals surface area (Å²) in [6, 6.07) is 0. The van der Waals surface area contributed by atoms with Crippen LogP contribution in [0.4, 0.5) is 0 Å². The first-order valence-corrected chi connectivity index (χ1v) is 4.41. The van der Waals surface area contributed by atoms with Crippen LogP contribution < -0.4 is 0 Å². The molecule has 1 aromatic rings. The first-order chi connectivity index (χ1) is 5.84. The van der Waals surface area contributed by atoms with Crippen LogP contribution in [0.5, 0.6) is 0 Å². The first-order valence-electron chi connectivity index (χ1n) is 4.03. The molecule has 2 rings (SSSR count). The number of hydrogen-bond acceptors (Lipinski definition) is 3. The zero-order valence-corrected chi connectivity index (χ0v) is 7.46. The van der Waals surface area contributed by atoms with Crippen LogP contribution in [-0.4, -0.2) is 28.0 Å². The maximum atomic E-state index is 5.61. The van der Waals surface area contributed by atoms with Gasteiger partial charge in [-0.05, 0) is 19.5 Å². The SMILES string of the molecule is Clc1cnc(CN2CCC2)cn1. The maximum absolute atomic E-state index is 5.61. The second kappa shape index (κ2) is 3.37. The van der Waals surface area contributed by atoms with E-state index in [9.17, 15) is 0 Å². The van der Waals surface area contributed by atoms with Crippen molar-refractivity contribution in [2.24, 2.45) is 0 Å². The molecular formula is C8H10ClN3. The molecule has 0 atom stereocenters. The lowest BCUT2D eigenvalue weighted by Gasteiger charge is -2.29. The van der Waals surface area contributed by atoms with Gasteiger partial charge in [0.1, 0.15) is 5.15 Å². The Bertz CT molecular complexity index is 256. The maximum Gasteiger partial charge on any atom is 0.147 e. The number of likely N-dealkylation sites (tertiary alicyclic amines) is 1. The fraction of sp³-hybridized carbons (Fsp3) is 0.500. The van der Waals surface area contributed by atoms with Crippen molar-refractivity contribution in [3.05, 3.63) is 23.2 Å². The molecule has 1 aliphatic heterocycles. The van der Waals surface area contributed by atoms with Crippen molar-refractivity contribution in [3.8, 4) is 0 Å². The average molecular weight is 184 g/mol. The van der Waals surface area contributed by atoms with Crippen LogP contribution in [0.3, 0.4) is 0 Å². The van der Waals surface area contributed by atoms with Crippen LogP contribution in [0.2, 0.25) is 5.15 Å². The highest BCUT2D eigenvalue weighted by Crippen LogP contribution is 2.10. The van der Waals surface area contributed by atoms with Gasteiger partial charge in [0.2, 0.25) is 0 Å². The normalized spacial score (nSPS) is 17.4. The molecule has 1 fully saturated rings. The van der Waals surface area contributed by atoms with Crippen molar-refractivity contribution in [3.63, 3.8) is 0 Å². The van der Waals surface area contributed by atoms with Crippen molar-refractivity contribution in [2.45, 2.75) is 13.0 Å². The molecule has 0 spiro atoms. The minimum Gasteiger partial charge on any atom is -0.297 e. The molecule has 4 heteroatoms. The van der Waals surface area contributed by atoms with E-state index < -0.39 is 0 Å². The van der Waals surface area contributed by atoms with Crippen molar-refractivity contribution < 1.29 is 0 Å². The summed E-state index contributed by atoms with van der Waals surface area (Å²) < 4.78 is 0. The highest BCUT2D eigenvalue weighted by Gasteiger charge is 2.14. The Kier molecular flexibility index (Phi) is 2.23. The summed E-state index contributed by atoms with van der Waals surface area (Å²) in [6.45, 7) is 3.28. The predicted molar refractivity (Wildman–Crippen MR) is 46.9 cm³/mol. The highest BCUT2D eigenvalue weighted by molar-refractivity contribution is 6.29. The van der Waals surface area contributed by atoms with Crippen LogP contribution in [0.25, 0.3) is 0 Å². The van der Waals surface area contributed by atoms with Gasteiger partial charge in [0.25, 0.3) is 0 Å². The van der Waals surface area contributed by atoms with Gasteiger partial charge in [-0.25, -0.2) is 4.98 Å². The molecule has 64 valence electrons. The van der Waals surface area contributed by atoms with Gasteiger partial charge in [-0.3, -0.25) is 9.88 Å². The third-order valence-corrected chi connectivity index (χ3v) is 2.20. The Labute approximate surface area is 76.4 Å². The van der Waals surface area contributed by atoms with Crippen LogP contribution >= 0.6 is 11.6 Å². The summed E-state index contributed by atoms with van der Waals surface area (Å²) >= 11 is 5.61. The third kappa shape index (κ3) is 1.73. The van der Waals surface area contributed by atoms with Gasteiger partial charge < -0.3 is 0 Å². The van der Waals surface area contributed by atoms with Crippen molar-refractivity contribution in [1.29, 1.82) is 0 Å². The fourth-order valence-corrected chi connectivity index (χ4v) is 1.29. The molecule has 0 unspecified atom stereocenters. The van der Waals surface area contributed by atoms with Crippen LogP contribution in [0.1, 0.15) is 12.1 Å².